The molecule has 126 valence electrons. The molecule has 0 spiro atoms. The summed E-state index contributed by atoms with van der Waals surface area (Å²) in [6.45, 7) is 2.74. The predicted molar refractivity (Wildman–Crippen MR) is 83.6 cm³/mol. The first kappa shape index (κ1) is 18.6. The fourth-order valence-corrected chi connectivity index (χ4v) is 1.52. The quantitative estimate of drug-likeness (QED) is 0.438. The highest BCUT2D eigenvalue weighted by atomic mass is 16.5. The van der Waals surface area contributed by atoms with E-state index in [0.29, 0.717) is 0 Å². The molecule has 0 unspecified atom stereocenters. The average molecular weight is 332 g/mol. The molecular formula is C16H16N2O6. The lowest BCUT2D eigenvalue weighted by molar-refractivity contribution is -0.130. The zero-order valence-corrected chi connectivity index (χ0v) is 13.1. The van der Waals surface area contributed by atoms with Crippen LogP contribution in [-0.2, 0) is 19.2 Å². The second kappa shape index (κ2) is 8.28. The summed E-state index contributed by atoms with van der Waals surface area (Å²) >= 11 is 0. The topological polar surface area (TPSA) is 139 Å². The van der Waals surface area contributed by atoms with Crippen molar-refractivity contribution in [1.29, 1.82) is 0 Å². The lowest BCUT2D eigenvalue weighted by atomic mass is 10.2. The molecule has 2 amide bonds. The Morgan fingerprint density at radius 2 is 1.21 bits per heavy atom. The van der Waals surface area contributed by atoms with Crippen LogP contribution in [0.1, 0.15) is 13.8 Å². The minimum absolute atomic E-state index is 0.0186. The molecule has 0 atom stereocenters. The van der Waals surface area contributed by atoms with Gasteiger partial charge in [-0.05, 0) is 26.0 Å². The number of primary amides is 2. The van der Waals surface area contributed by atoms with Crippen LogP contribution >= 0.6 is 0 Å². The largest absolute Gasteiger partial charge is 0.423 e. The van der Waals surface area contributed by atoms with Gasteiger partial charge in [-0.3, -0.25) is 9.59 Å². The number of hydrogen-bond donors (Lipinski definition) is 2. The fourth-order valence-electron chi connectivity index (χ4n) is 1.52. The molecule has 0 fully saturated rings. The summed E-state index contributed by atoms with van der Waals surface area (Å²) in [6, 6.07) is 5.70. The molecule has 0 radical (unpaired) electrons. The van der Waals surface area contributed by atoms with E-state index in [9.17, 15) is 19.2 Å². The third-order valence-corrected chi connectivity index (χ3v) is 2.59. The Labute approximate surface area is 137 Å². The van der Waals surface area contributed by atoms with Crippen molar-refractivity contribution >= 4 is 23.8 Å². The molecule has 8 heteroatoms. The van der Waals surface area contributed by atoms with Gasteiger partial charge in [0, 0.05) is 29.4 Å². The Bertz CT molecular complexity index is 689. The third-order valence-electron chi connectivity index (χ3n) is 2.59. The van der Waals surface area contributed by atoms with Gasteiger partial charge >= 0.3 is 11.9 Å². The van der Waals surface area contributed by atoms with Gasteiger partial charge in [0.15, 0.2) is 0 Å². The maximum atomic E-state index is 11.7. The normalized spacial score (nSPS) is 11.6. The van der Waals surface area contributed by atoms with Crippen molar-refractivity contribution in [3.8, 4) is 11.5 Å². The van der Waals surface area contributed by atoms with Crippen molar-refractivity contribution in [2.24, 2.45) is 11.5 Å². The van der Waals surface area contributed by atoms with Crippen molar-refractivity contribution in [2.75, 3.05) is 0 Å². The molecule has 1 rings (SSSR count). The molecule has 0 aliphatic carbocycles. The summed E-state index contributed by atoms with van der Waals surface area (Å²) in [7, 11) is 0. The van der Waals surface area contributed by atoms with Crippen LogP contribution in [0.2, 0.25) is 0 Å². The summed E-state index contributed by atoms with van der Waals surface area (Å²) in [5.41, 5.74) is 9.93. The molecule has 24 heavy (non-hydrogen) atoms. The minimum Gasteiger partial charge on any atom is -0.423 e. The summed E-state index contributed by atoms with van der Waals surface area (Å²) in [5.74, 6) is -2.91. The van der Waals surface area contributed by atoms with E-state index < -0.39 is 23.8 Å². The summed E-state index contributed by atoms with van der Waals surface area (Å²) in [5, 5.41) is 0. The lowest BCUT2D eigenvalue weighted by Crippen LogP contribution is -2.15. The molecule has 4 N–H and O–H groups in total. The monoisotopic (exact) mass is 332 g/mol. The summed E-state index contributed by atoms with van der Waals surface area (Å²) in [6.07, 6.45) is 1.87. The summed E-state index contributed by atoms with van der Waals surface area (Å²) in [4.78, 5) is 44.9. The van der Waals surface area contributed by atoms with Gasteiger partial charge in [0.1, 0.15) is 11.5 Å². The average Bonchev–Trinajstić information content (AvgIpc) is 2.46. The number of nitrogens with two attached hydrogens (primary N) is 2. The van der Waals surface area contributed by atoms with Crippen LogP contribution in [0.4, 0.5) is 0 Å². The van der Waals surface area contributed by atoms with Crippen LogP contribution in [0.25, 0.3) is 0 Å². The van der Waals surface area contributed by atoms with Gasteiger partial charge in [0.05, 0.1) is 0 Å². The van der Waals surface area contributed by atoms with Crippen molar-refractivity contribution in [3.05, 3.63) is 47.6 Å². The Hall–Kier alpha value is -3.42. The van der Waals surface area contributed by atoms with Crippen molar-refractivity contribution in [1.82, 2.24) is 0 Å². The van der Waals surface area contributed by atoms with E-state index in [0.717, 1.165) is 12.2 Å². The number of amides is 2. The predicted octanol–water partition coefficient (Wildman–Crippen LogP) is 0.361. The maximum absolute atomic E-state index is 11.7. The van der Waals surface area contributed by atoms with E-state index in [4.69, 9.17) is 20.9 Å². The second-order valence-electron chi connectivity index (χ2n) is 4.71. The van der Waals surface area contributed by atoms with Crippen molar-refractivity contribution in [3.63, 3.8) is 0 Å². The second-order valence-corrected chi connectivity index (χ2v) is 4.71. The van der Waals surface area contributed by atoms with E-state index in [1.54, 1.807) is 0 Å². The molecule has 0 bridgehead atoms. The molecule has 0 aromatic heterocycles. The van der Waals surface area contributed by atoms with E-state index in [-0.39, 0.29) is 22.6 Å². The Morgan fingerprint density at radius 3 is 1.54 bits per heavy atom. The first-order chi connectivity index (χ1) is 11.2. The highest BCUT2D eigenvalue weighted by Crippen LogP contribution is 2.21. The number of carbonyl (C=O) groups is 4. The van der Waals surface area contributed by atoms with Crippen molar-refractivity contribution in [2.45, 2.75) is 13.8 Å². The first-order valence-corrected chi connectivity index (χ1v) is 6.69. The van der Waals surface area contributed by atoms with Gasteiger partial charge in [-0.1, -0.05) is 6.07 Å². The Kier molecular flexibility index (Phi) is 6.42. The molecule has 1 aromatic rings. The third kappa shape index (κ3) is 6.14. The molecule has 0 saturated carbocycles. The van der Waals surface area contributed by atoms with Crippen molar-refractivity contribution < 1.29 is 28.7 Å². The van der Waals surface area contributed by atoms with Gasteiger partial charge < -0.3 is 20.9 Å². The number of esters is 2. The maximum Gasteiger partial charge on any atom is 0.339 e. The van der Waals surface area contributed by atoms with Gasteiger partial charge in [-0.2, -0.15) is 0 Å². The van der Waals surface area contributed by atoms with Gasteiger partial charge in [0.2, 0.25) is 11.8 Å². The van der Waals surface area contributed by atoms with E-state index in [1.165, 1.54) is 38.1 Å². The number of carbonyl (C=O) groups excluding carboxylic acids is 4. The molecule has 0 aliphatic heterocycles. The van der Waals surface area contributed by atoms with Crippen LogP contribution in [0, 0.1) is 0 Å². The Balaban J connectivity index is 2.84. The lowest BCUT2D eigenvalue weighted by Gasteiger charge is -2.07. The Morgan fingerprint density at radius 1 is 0.833 bits per heavy atom. The standard InChI is InChI=1S/C16H16N2O6/c1-9(6-13(17)19)15(21)23-11-4-3-5-12(8-11)24-16(22)10(2)7-14(18)20/h3-8H,1-2H3,(H2,17,19)(H2,18,20)/b9-6-,10-7-. The molecule has 1 aromatic carbocycles. The van der Waals surface area contributed by atoms with E-state index in [1.807, 2.05) is 0 Å². The molecule has 0 aliphatic rings. The van der Waals surface area contributed by atoms with Crippen LogP contribution in [0.3, 0.4) is 0 Å². The smallest absolute Gasteiger partial charge is 0.339 e. The highest BCUT2D eigenvalue weighted by molar-refractivity contribution is 5.99. The first-order valence-electron chi connectivity index (χ1n) is 6.69. The van der Waals surface area contributed by atoms with Gasteiger partial charge in [-0.15, -0.1) is 0 Å². The number of benzene rings is 1. The molecule has 0 heterocycles. The van der Waals surface area contributed by atoms with Gasteiger partial charge in [-0.25, -0.2) is 9.59 Å². The summed E-state index contributed by atoms with van der Waals surface area (Å²) < 4.78 is 10.1. The zero-order valence-electron chi connectivity index (χ0n) is 13.1. The number of ether oxygens (including phenoxy) is 2. The van der Waals surface area contributed by atoms with Crippen LogP contribution in [0.15, 0.2) is 47.6 Å². The zero-order chi connectivity index (χ0) is 18.3. The van der Waals surface area contributed by atoms with Crippen LogP contribution < -0.4 is 20.9 Å². The van der Waals surface area contributed by atoms with Gasteiger partial charge in [0.25, 0.3) is 0 Å². The minimum atomic E-state index is -0.776. The fraction of sp³-hybridized carbons (Fsp3) is 0.125. The van der Waals surface area contributed by atoms with Crippen LogP contribution in [-0.4, -0.2) is 23.8 Å². The van der Waals surface area contributed by atoms with E-state index in [2.05, 4.69) is 0 Å². The molecule has 8 nitrogen and oxygen atoms in total. The number of hydrogen-bond acceptors (Lipinski definition) is 6. The van der Waals surface area contributed by atoms with Crippen LogP contribution in [0.5, 0.6) is 11.5 Å². The molecule has 0 saturated heterocycles. The highest BCUT2D eigenvalue weighted by Gasteiger charge is 2.12. The van der Waals surface area contributed by atoms with E-state index >= 15 is 0 Å². The SMILES string of the molecule is C/C(=C/C(N)=O)C(=O)Oc1cccc(OC(=O)/C(C)=C\C(N)=O)c1. The number of rotatable bonds is 6. The molecular weight excluding hydrogens is 316 g/mol.